The van der Waals surface area contributed by atoms with Gasteiger partial charge in [0.15, 0.2) is 0 Å². The molecule has 0 aliphatic heterocycles. The Labute approximate surface area is 132 Å². The molecule has 0 aliphatic carbocycles. The van der Waals surface area contributed by atoms with Crippen molar-refractivity contribution >= 4 is 60.2 Å². The number of carboxylic acids is 1. The minimum Gasteiger partial charge on any atom is -0.480 e. The van der Waals surface area contributed by atoms with E-state index in [-0.39, 0.29) is 0 Å². The van der Waals surface area contributed by atoms with Crippen LogP contribution in [-0.2, 0) is 9.59 Å². The average molecular weight is 401 g/mol. The zero-order valence-electron chi connectivity index (χ0n) is 10.2. The van der Waals surface area contributed by atoms with Gasteiger partial charge in [-0.2, -0.15) is 0 Å². The zero-order valence-corrected chi connectivity index (χ0v) is 13.4. The highest BCUT2D eigenvalue weighted by Crippen LogP contribution is 2.24. The molecule has 0 spiro atoms. The summed E-state index contributed by atoms with van der Waals surface area (Å²) in [5, 5.41) is 13.5. The number of aliphatic carboxylic acids is 1. The Kier molecular flexibility index (Phi) is 4.77. The molecule has 0 fully saturated rings. The first-order valence-electron chi connectivity index (χ1n) is 5.80. The predicted molar refractivity (Wildman–Crippen MR) is 85.6 cm³/mol. The summed E-state index contributed by atoms with van der Waals surface area (Å²) in [6, 6.07) is 13.2. The van der Waals surface area contributed by atoms with Gasteiger partial charge in [0, 0.05) is 11.1 Å². The number of alkyl halides is 2. The van der Waals surface area contributed by atoms with Gasteiger partial charge in [-0.3, -0.25) is 9.59 Å². The third-order valence-corrected chi connectivity index (χ3v) is 5.37. The van der Waals surface area contributed by atoms with Crippen molar-refractivity contribution in [3.8, 4) is 0 Å². The van der Waals surface area contributed by atoms with Crippen LogP contribution in [0.2, 0.25) is 0 Å². The standard InChI is InChI=1S/C14H11Br2NO3/c15-11(12(16)14(19)20)13(18)17-10-7-3-5-8-4-1-2-6-9(8)10/h1-7,11-12H,(H,17,18)(H,19,20)/t11-,12+/m0/s1. The van der Waals surface area contributed by atoms with Crippen LogP contribution < -0.4 is 5.32 Å². The van der Waals surface area contributed by atoms with E-state index in [4.69, 9.17) is 5.11 Å². The van der Waals surface area contributed by atoms with Crippen molar-refractivity contribution in [3.63, 3.8) is 0 Å². The van der Waals surface area contributed by atoms with Crippen molar-refractivity contribution < 1.29 is 14.7 Å². The molecule has 6 heteroatoms. The van der Waals surface area contributed by atoms with E-state index in [9.17, 15) is 9.59 Å². The first-order chi connectivity index (χ1) is 9.50. The van der Waals surface area contributed by atoms with Gasteiger partial charge in [0.05, 0.1) is 0 Å². The highest BCUT2D eigenvalue weighted by Gasteiger charge is 2.29. The summed E-state index contributed by atoms with van der Waals surface area (Å²) in [5.41, 5.74) is 0.655. The fourth-order valence-electron chi connectivity index (χ4n) is 1.79. The van der Waals surface area contributed by atoms with Crippen LogP contribution in [0.25, 0.3) is 10.8 Å². The molecule has 4 nitrogen and oxygen atoms in total. The van der Waals surface area contributed by atoms with Gasteiger partial charge in [0.1, 0.15) is 9.65 Å². The van der Waals surface area contributed by atoms with Crippen molar-refractivity contribution in [2.45, 2.75) is 9.65 Å². The number of hydrogen-bond donors (Lipinski definition) is 2. The molecule has 0 bridgehead atoms. The van der Waals surface area contributed by atoms with Crippen molar-refractivity contribution in [3.05, 3.63) is 42.5 Å². The zero-order chi connectivity index (χ0) is 14.7. The number of carboxylic acid groups (broad SMARTS) is 1. The van der Waals surface area contributed by atoms with Crippen molar-refractivity contribution in [1.29, 1.82) is 0 Å². The monoisotopic (exact) mass is 399 g/mol. The topological polar surface area (TPSA) is 66.4 Å². The smallest absolute Gasteiger partial charge is 0.318 e. The van der Waals surface area contributed by atoms with Crippen LogP contribution in [0.1, 0.15) is 0 Å². The number of hydrogen-bond acceptors (Lipinski definition) is 2. The molecule has 0 aromatic heterocycles. The fourth-order valence-corrected chi connectivity index (χ4v) is 2.37. The van der Waals surface area contributed by atoms with Gasteiger partial charge in [-0.15, -0.1) is 0 Å². The third-order valence-electron chi connectivity index (χ3n) is 2.79. The summed E-state index contributed by atoms with van der Waals surface area (Å²) in [5.74, 6) is -1.51. The molecule has 0 unspecified atom stereocenters. The van der Waals surface area contributed by atoms with Crippen LogP contribution in [0, 0.1) is 0 Å². The maximum absolute atomic E-state index is 12.1. The van der Waals surface area contributed by atoms with Crippen LogP contribution in [-0.4, -0.2) is 26.6 Å². The van der Waals surface area contributed by atoms with Gasteiger partial charge in [-0.1, -0.05) is 68.3 Å². The molecule has 2 atom stereocenters. The Hall–Kier alpha value is -1.40. The summed E-state index contributed by atoms with van der Waals surface area (Å²) in [6.45, 7) is 0. The number of amides is 1. The quantitative estimate of drug-likeness (QED) is 0.773. The lowest BCUT2D eigenvalue weighted by Crippen LogP contribution is -2.34. The predicted octanol–water partition coefficient (Wildman–Crippen LogP) is 3.39. The lowest BCUT2D eigenvalue weighted by atomic mass is 10.1. The van der Waals surface area contributed by atoms with Crippen LogP contribution in [0.4, 0.5) is 5.69 Å². The Balaban J connectivity index is 2.24. The number of halogens is 2. The van der Waals surface area contributed by atoms with Gasteiger partial charge in [0.25, 0.3) is 0 Å². The lowest BCUT2D eigenvalue weighted by molar-refractivity contribution is -0.137. The molecule has 0 radical (unpaired) electrons. The van der Waals surface area contributed by atoms with Gasteiger partial charge in [-0.25, -0.2) is 0 Å². The van der Waals surface area contributed by atoms with Crippen LogP contribution in [0.15, 0.2) is 42.5 Å². The molecule has 1 amide bonds. The second-order valence-electron chi connectivity index (χ2n) is 4.16. The molecule has 0 aliphatic rings. The average Bonchev–Trinajstić information content (AvgIpc) is 2.46. The van der Waals surface area contributed by atoms with Crippen molar-refractivity contribution in [1.82, 2.24) is 0 Å². The summed E-state index contributed by atoms with van der Waals surface area (Å²) in [7, 11) is 0. The van der Waals surface area contributed by atoms with Crippen molar-refractivity contribution in [2.24, 2.45) is 0 Å². The van der Waals surface area contributed by atoms with E-state index in [0.717, 1.165) is 10.8 Å². The first-order valence-corrected chi connectivity index (χ1v) is 7.63. The molecule has 0 saturated carbocycles. The Morgan fingerprint density at radius 3 is 2.35 bits per heavy atom. The molecule has 2 rings (SSSR count). The Bertz CT molecular complexity index is 654. The number of nitrogens with one attached hydrogen (secondary N) is 1. The SMILES string of the molecule is O=C(Nc1cccc2ccccc12)[C@@H](Br)[C@@H](Br)C(=O)O. The summed E-state index contributed by atoms with van der Waals surface area (Å²) < 4.78 is 0. The minimum atomic E-state index is -1.10. The maximum atomic E-state index is 12.1. The Morgan fingerprint density at radius 1 is 1.00 bits per heavy atom. The van der Waals surface area contributed by atoms with E-state index in [1.54, 1.807) is 6.07 Å². The molecule has 2 aromatic rings. The number of rotatable bonds is 4. The second-order valence-corrected chi connectivity index (χ2v) is 6.13. The molecule has 0 saturated heterocycles. The number of carbonyl (C=O) groups is 2. The van der Waals surface area contributed by atoms with E-state index in [2.05, 4.69) is 37.2 Å². The molecule has 0 heterocycles. The van der Waals surface area contributed by atoms with Gasteiger partial charge in [0.2, 0.25) is 5.91 Å². The fraction of sp³-hybridized carbons (Fsp3) is 0.143. The summed E-state index contributed by atoms with van der Waals surface area (Å²) in [4.78, 5) is 21.1. The number of benzene rings is 2. The van der Waals surface area contributed by atoms with Gasteiger partial charge in [-0.05, 0) is 11.5 Å². The summed E-state index contributed by atoms with van der Waals surface area (Å²) in [6.07, 6.45) is 0. The highest BCUT2D eigenvalue weighted by molar-refractivity contribution is 9.12. The van der Waals surface area contributed by atoms with Crippen LogP contribution >= 0.6 is 31.9 Å². The second kappa shape index (κ2) is 6.37. The molecule has 104 valence electrons. The molecular weight excluding hydrogens is 390 g/mol. The maximum Gasteiger partial charge on any atom is 0.318 e. The van der Waals surface area contributed by atoms with Crippen molar-refractivity contribution in [2.75, 3.05) is 5.32 Å². The van der Waals surface area contributed by atoms with E-state index in [1.807, 2.05) is 36.4 Å². The number of anilines is 1. The van der Waals surface area contributed by atoms with E-state index in [0.29, 0.717) is 5.69 Å². The van der Waals surface area contributed by atoms with Gasteiger partial charge >= 0.3 is 5.97 Å². The van der Waals surface area contributed by atoms with E-state index in [1.165, 1.54) is 0 Å². The largest absolute Gasteiger partial charge is 0.480 e. The number of carbonyl (C=O) groups excluding carboxylic acids is 1. The lowest BCUT2D eigenvalue weighted by Gasteiger charge is -2.14. The first kappa shape index (κ1) is 15.0. The molecule has 2 N–H and O–H groups in total. The minimum absolute atomic E-state index is 0.411. The highest BCUT2D eigenvalue weighted by atomic mass is 79.9. The van der Waals surface area contributed by atoms with Crippen LogP contribution in [0.3, 0.4) is 0 Å². The normalized spacial score (nSPS) is 13.7. The molecular formula is C14H11Br2NO3. The molecule has 20 heavy (non-hydrogen) atoms. The van der Waals surface area contributed by atoms with Crippen LogP contribution in [0.5, 0.6) is 0 Å². The molecule has 2 aromatic carbocycles. The van der Waals surface area contributed by atoms with Gasteiger partial charge < -0.3 is 10.4 Å². The van der Waals surface area contributed by atoms with E-state index < -0.39 is 21.5 Å². The van der Waals surface area contributed by atoms with E-state index >= 15 is 0 Å². The Morgan fingerprint density at radius 2 is 1.65 bits per heavy atom. The summed E-state index contributed by atoms with van der Waals surface area (Å²) >= 11 is 6.06. The third kappa shape index (κ3) is 3.19. The number of fused-ring (bicyclic) bond motifs is 1.